The van der Waals surface area contributed by atoms with Gasteiger partial charge in [-0.2, -0.15) is 0 Å². The maximum atomic E-state index is 11.2. The molecule has 0 radical (unpaired) electrons. The van der Waals surface area contributed by atoms with E-state index in [0.717, 1.165) is 32.2 Å². The minimum absolute atomic E-state index is 0.204. The van der Waals surface area contributed by atoms with Gasteiger partial charge < -0.3 is 14.6 Å². The van der Waals surface area contributed by atoms with Crippen LogP contribution in [0.25, 0.3) is 0 Å². The number of hydrogen-bond acceptors (Lipinski definition) is 5. The van der Waals surface area contributed by atoms with Crippen LogP contribution < -0.4 is 5.43 Å². The fourth-order valence-electron chi connectivity index (χ4n) is 2.19. The third-order valence-corrected chi connectivity index (χ3v) is 3.11. The van der Waals surface area contributed by atoms with E-state index >= 15 is 0 Å². The summed E-state index contributed by atoms with van der Waals surface area (Å²) in [6, 6.07) is 1.32. The van der Waals surface area contributed by atoms with Crippen LogP contribution in [-0.4, -0.2) is 34.8 Å². The molecule has 94 valence electrons. The van der Waals surface area contributed by atoms with E-state index in [1.54, 1.807) is 0 Å². The van der Waals surface area contributed by atoms with E-state index in [0.29, 0.717) is 18.2 Å². The molecule has 2 heterocycles. The summed E-state index contributed by atoms with van der Waals surface area (Å²) in [6.45, 7) is 2.52. The lowest BCUT2D eigenvalue weighted by Gasteiger charge is -2.31. The molecule has 1 aromatic rings. The van der Waals surface area contributed by atoms with E-state index in [1.165, 1.54) is 6.07 Å². The lowest BCUT2D eigenvalue weighted by molar-refractivity contribution is 0.110. The molecule has 17 heavy (non-hydrogen) atoms. The van der Waals surface area contributed by atoms with Crippen LogP contribution >= 0.6 is 0 Å². The zero-order valence-corrected chi connectivity index (χ0v) is 9.63. The first-order chi connectivity index (χ1) is 8.19. The third kappa shape index (κ3) is 3.08. The maximum absolute atomic E-state index is 11.2. The Morgan fingerprint density at radius 3 is 3.06 bits per heavy atom. The molecule has 0 amide bonds. The highest BCUT2D eigenvalue weighted by Gasteiger charge is 2.19. The van der Waals surface area contributed by atoms with Gasteiger partial charge in [-0.25, -0.2) is 0 Å². The lowest BCUT2D eigenvalue weighted by Crippen LogP contribution is -2.36. The Morgan fingerprint density at radius 2 is 2.35 bits per heavy atom. The Balaban J connectivity index is 2.00. The van der Waals surface area contributed by atoms with Gasteiger partial charge in [-0.15, -0.1) is 0 Å². The molecule has 1 saturated heterocycles. The predicted octanol–water partition coefficient (Wildman–Crippen LogP) is 0.550. The molecule has 1 atom stereocenters. The van der Waals surface area contributed by atoms with Crippen molar-refractivity contribution in [1.29, 1.82) is 0 Å². The fourth-order valence-corrected chi connectivity index (χ4v) is 2.19. The standard InChI is InChI=1S/C12H17NO4/c14-7-9-2-1-3-13(5-9)6-10-4-11(15)12(16)8-17-10/h4,8-9,14,16H,1-3,5-7H2. The molecule has 0 spiro atoms. The number of rotatable bonds is 3. The summed E-state index contributed by atoms with van der Waals surface area (Å²) in [5.74, 6) is 0.500. The molecular formula is C12H17NO4. The summed E-state index contributed by atoms with van der Waals surface area (Å²) in [5, 5.41) is 18.2. The van der Waals surface area contributed by atoms with E-state index in [1.807, 2.05) is 0 Å². The molecule has 0 aliphatic carbocycles. The summed E-state index contributed by atoms with van der Waals surface area (Å²) in [5.41, 5.74) is -0.415. The smallest absolute Gasteiger partial charge is 0.226 e. The largest absolute Gasteiger partial charge is 0.502 e. The molecule has 0 aromatic carbocycles. The van der Waals surface area contributed by atoms with Gasteiger partial charge in [0.1, 0.15) is 12.0 Å². The Kier molecular flexibility index (Phi) is 3.81. The number of likely N-dealkylation sites (tertiary alicyclic amines) is 1. The fraction of sp³-hybridized carbons (Fsp3) is 0.583. The van der Waals surface area contributed by atoms with Crippen molar-refractivity contribution in [3.05, 3.63) is 28.3 Å². The third-order valence-electron chi connectivity index (χ3n) is 3.11. The van der Waals surface area contributed by atoms with Gasteiger partial charge in [0, 0.05) is 19.2 Å². The maximum Gasteiger partial charge on any atom is 0.226 e. The molecule has 1 unspecified atom stereocenters. The molecule has 5 heteroatoms. The zero-order chi connectivity index (χ0) is 12.3. The van der Waals surface area contributed by atoms with Crippen molar-refractivity contribution in [2.24, 2.45) is 5.92 Å². The van der Waals surface area contributed by atoms with Crippen molar-refractivity contribution in [3.63, 3.8) is 0 Å². The Labute approximate surface area is 99.3 Å². The molecule has 1 aliphatic rings. The molecule has 1 aromatic heterocycles. The van der Waals surface area contributed by atoms with Gasteiger partial charge in [-0.1, -0.05) is 0 Å². The highest BCUT2D eigenvalue weighted by atomic mass is 16.4. The predicted molar refractivity (Wildman–Crippen MR) is 61.7 cm³/mol. The van der Waals surface area contributed by atoms with Crippen LogP contribution in [0.4, 0.5) is 0 Å². The summed E-state index contributed by atoms with van der Waals surface area (Å²) in [4.78, 5) is 13.4. The molecule has 1 fully saturated rings. The van der Waals surface area contributed by atoms with Crippen molar-refractivity contribution < 1.29 is 14.6 Å². The number of aliphatic hydroxyl groups excluding tert-OH is 1. The second kappa shape index (κ2) is 5.33. The SMILES string of the molecule is O=c1cc(CN2CCCC(CO)C2)occ1O. The van der Waals surface area contributed by atoms with Crippen molar-refractivity contribution in [1.82, 2.24) is 4.90 Å². The average Bonchev–Trinajstić information content (AvgIpc) is 2.34. The van der Waals surface area contributed by atoms with E-state index in [4.69, 9.17) is 14.6 Å². The van der Waals surface area contributed by atoms with Gasteiger partial charge in [0.15, 0.2) is 5.75 Å². The van der Waals surface area contributed by atoms with Gasteiger partial charge in [0.25, 0.3) is 0 Å². The average molecular weight is 239 g/mol. The second-order valence-corrected chi connectivity index (χ2v) is 4.52. The summed E-state index contributed by atoms with van der Waals surface area (Å²) < 4.78 is 5.16. The van der Waals surface area contributed by atoms with Crippen LogP contribution in [0.5, 0.6) is 5.75 Å². The lowest BCUT2D eigenvalue weighted by atomic mass is 9.99. The van der Waals surface area contributed by atoms with Gasteiger partial charge in [-0.05, 0) is 25.3 Å². The number of aromatic hydroxyl groups is 1. The topological polar surface area (TPSA) is 73.9 Å². The molecule has 2 rings (SSSR count). The first-order valence-corrected chi connectivity index (χ1v) is 5.83. The van der Waals surface area contributed by atoms with Crippen LogP contribution in [0.1, 0.15) is 18.6 Å². The van der Waals surface area contributed by atoms with Crippen LogP contribution in [0.2, 0.25) is 0 Å². The van der Waals surface area contributed by atoms with E-state index in [-0.39, 0.29) is 12.4 Å². The molecule has 2 N–H and O–H groups in total. The second-order valence-electron chi connectivity index (χ2n) is 4.52. The van der Waals surface area contributed by atoms with E-state index in [2.05, 4.69) is 4.90 Å². The highest BCUT2D eigenvalue weighted by molar-refractivity contribution is 5.15. The summed E-state index contributed by atoms with van der Waals surface area (Å²) >= 11 is 0. The van der Waals surface area contributed by atoms with Crippen LogP contribution in [-0.2, 0) is 6.54 Å². The zero-order valence-electron chi connectivity index (χ0n) is 9.63. The Hall–Kier alpha value is -1.33. The van der Waals surface area contributed by atoms with E-state index < -0.39 is 5.43 Å². The molecule has 0 saturated carbocycles. The van der Waals surface area contributed by atoms with E-state index in [9.17, 15) is 4.79 Å². The minimum Gasteiger partial charge on any atom is -0.502 e. The minimum atomic E-state index is -0.415. The normalized spacial score (nSPS) is 21.6. The van der Waals surface area contributed by atoms with Gasteiger partial charge in [0.05, 0.1) is 6.54 Å². The van der Waals surface area contributed by atoms with Crippen molar-refractivity contribution in [2.45, 2.75) is 19.4 Å². The van der Waals surface area contributed by atoms with Crippen molar-refractivity contribution in [2.75, 3.05) is 19.7 Å². The molecule has 0 bridgehead atoms. The van der Waals surface area contributed by atoms with Crippen molar-refractivity contribution >= 4 is 0 Å². The first-order valence-electron chi connectivity index (χ1n) is 5.83. The molecular weight excluding hydrogens is 222 g/mol. The molecule has 5 nitrogen and oxygen atoms in total. The number of hydrogen-bond donors (Lipinski definition) is 2. The monoisotopic (exact) mass is 239 g/mol. The van der Waals surface area contributed by atoms with Gasteiger partial charge in [-0.3, -0.25) is 9.69 Å². The van der Waals surface area contributed by atoms with Crippen molar-refractivity contribution in [3.8, 4) is 5.75 Å². The van der Waals surface area contributed by atoms with Gasteiger partial charge >= 0.3 is 0 Å². The highest BCUT2D eigenvalue weighted by Crippen LogP contribution is 2.18. The number of nitrogens with zero attached hydrogens (tertiary/aromatic N) is 1. The Morgan fingerprint density at radius 1 is 1.53 bits per heavy atom. The van der Waals surface area contributed by atoms with Crippen LogP contribution in [0.3, 0.4) is 0 Å². The summed E-state index contributed by atoms with van der Waals surface area (Å²) in [6.07, 6.45) is 3.17. The first kappa shape index (κ1) is 12.1. The Bertz CT molecular complexity index is 429. The molecule has 1 aliphatic heterocycles. The van der Waals surface area contributed by atoms with Gasteiger partial charge in [0.2, 0.25) is 5.43 Å². The summed E-state index contributed by atoms with van der Waals surface area (Å²) in [7, 11) is 0. The number of piperidine rings is 1. The number of aliphatic hydroxyl groups is 1. The quantitative estimate of drug-likeness (QED) is 0.805. The van der Waals surface area contributed by atoms with Crippen LogP contribution in [0, 0.1) is 5.92 Å². The van der Waals surface area contributed by atoms with Crippen LogP contribution in [0.15, 0.2) is 21.5 Å².